The summed E-state index contributed by atoms with van der Waals surface area (Å²) in [7, 11) is 1.77. The monoisotopic (exact) mass is 258 g/mol. The first-order valence-electron chi connectivity index (χ1n) is 7.65. The van der Waals surface area contributed by atoms with Gasteiger partial charge in [-0.2, -0.15) is 0 Å². The minimum atomic E-state index is 0.520. The van der Waals surface area contributed by atoms with E-state index in [1.165, 1.54) is 38.5 Å². The molecule has 0 amide bonds. The van der Waals surface area contributed by atoms with Crippen LogP contribution in [0, 0.1) is 0 Å². The lowest BCUT2D eigenvalue weighted by Crippen LogP contribution is -2.47. The molecule has 18 heavy (non-hydrogen) atoms. The second-order valence-electron chi connectivity index (χ2n) is 5.23. The number of hydrogen-bond acceptors (Lipinski definition) is 3. The van der Waals surface area contributed by atoms with Crippen LogP contribution in [0.3, 0.4) is 0 Å². The Labute approximate surface area is 114 Å². The zero-order chi connectivity index (χ0) is 13.8. The highest BCUT2D eigenvalue weighted by molar-refractivity contribution is 4.77. The molecule has 0 aromatic rings. The Morgan fingerprint density at radius 1 is 1.17 bits per heavy atom. The molecule has 0 spiro atoms. The third-order valence-corrected chi connectivity index (χ3v) is 3.84. The molecule has 2 N–H and O–H groups in total. The number of ether oxygens (including phenoxy) is 1. The van der Waals surface area contributed by atoms with Crippen molar-refractivity contribution in [2.24, 2.45) is 5.73 Å². The molecule has 0 aromatic heterocycles. The number of nitrogens with two attached hydrogens (primary N) is 1. The van der Waals surface area contributed by atoms with Gasteiger partial charge in [0.1, 0.15) is 0 Å². The molecule has 0 aliphatic carbocycles. The van der Waals surface area contributed by atoms with Gasteiger partial charge in [0.15, 0.2) is 0 Å². The Hall–Kier alpha value is -0.120. The Kier molecular flexibility index (Phi) is 11.9. The SMILES string of the molecule is CCCCCCC(CN)N(CCOC)C(C)CC. The van der Waals surface area contributed by atoms with Crippen molar-refractivity contribution >= 4 is 0 Å². The lowest BCUT2D eigenvalue weighted by atomic mass is 10.0. The minimum Gasteiger partial charge on any atom is -0.383 e. The van der Waals surface area contributed by atoms with Gasteiger partial charge >= 0.3 is 0 Å². The van der Waals surface area contributed by atoms with E-state index in [-0.39, 0.29) is 0 Å². The Morgan fingerprint density at radius 3 is 2.39 bits per heavy atom. The van der Waals surface area contributed by atoms with Gasteiger partial charge in [-0.05, 0) is 19.8 Å². The number of nitrogens with zero attached hydrogens (tertiary/aromatic N) is 1. The zero-order valence-electron chi connectivity index (χ0n) is 13.0. The molecule has 3 nitrogen and oxygen atoms in total. The van der Waals surface area contributed by atoms with E-state index in [2.05, 4.69) is 25.7 Å². The predicted molar refractivity (Wildman–Crippen MR) is 79.9 cm³/mol. The van der Waals surface area contributed by atoms with Crippen LogP contribution in [0.15, 0.2) is 0 Å². The Morgan fingerprint density at radius 2 is 1.89 bits per heavy atom. The van der Waals surface area contributed by atoms with Crippen LogP contribution in [0.1, 0.15) is 59.3 Å². The van der Waals surface area contributed by atoms with Crippen molar-refractivity contribution < 1.29 is 4.74 Å². The molecule has 0 radical (unpaired) electrons. The maximum absolute atomic E-state index is 5.97. The molecule has 0 heterocycles. The van der Waals surface area contributed by atoms with E-state index in [9.17, 15) is 0 Å². The molecule has 0 saturated heterocycles. The molecule has 0 aliphatic rings. The molecule has 2 atom stereocenters. The van der Waals surface area contributed by atoms with Gasteiger partial charge in [0.2, 0.25) is 0 Å². The summed E-state index contributed by atoms with van der Waals surface area (Å²) in [6.45, 7) is 9.36. The van der Waals surface area contributed by atoms with Gasteiger partial charge in [0, 0.05) is 32.3 Å². The summed E-state index contributed by atoms with van der Waals surface area (Å²) in [5.41, 5.74) is 5.97. The highest BCUT2D eigenvalue weighted by atomic mass is 16.5. The quantitative estimate of drug-likeness (QED) is 0.547. The summed E-state index contributed by atoms with van der Waals surface area (Å²) in [4.78, 5) is 2.54. The van der Waals surface area contributed by atoms with E-state index in [0.717, 1.165) is 19.7 Å². The summed E-state index contributed by atoms with van der Waals surface area (Å²) in [5, 5.41) is 0. The first-order chi connectivity index (χ1) is 8.71. The topological polar surface area (TPSA) is 38.5 Å². The third-order valence-electron chi connectivity index (χ3n) is 3.84. The van der Waals surface area contributed by atoms with Crippen LogP contribution in [0.25, 0.3) is 0 Å². The number of methoxy groups -OCH3 is 1. The normalized spacial score (nSPS) is 15.0. The van der Waals surface area contributed by atoms with Gasteiger partial charge in [-0.15, -0.1) is 0 Å². The van der Waals surface area contributed by atoms with Crippen LogP contribution in [0.2, 0.25) is 0 Å². The first kappa shape index (κ1) is 17.9. The molecule has 3 heteroatoms. The summed E-state index contributed by atoms with van der Waals surface area (Å²) >= 11 is 0. The van der Waals surface area contributed by atoms with Crippen LogP contribution in [-0.2, 0) is 4.74 Å². The van der Waals surface area contributed by atoms with Gasteiger partial charge in [0.25, 0.3) is 0 Å². The summed E-state index contributed by atoms with van der Waals surface area (Å²) in [6.07, 6.45) is 7.69. The molecule has 0 fully saturated rings. The van der Waals surface area contributed by atoms with E-state index in [0.29, 0.717) is 12.1 Å². The lowest BCUT2D eigenvalue weighted by Gasteiger charge is -2.35. The largest absolute Gasteiger partial charge is 0.383 e. The molecular weight excluding hydrogens is 224 g/mol. The fourth-order valence-corrected chi connectivity index (χ4v) is 2.42. The van der Waals surface area contributed by atoms with Gasteiger partial charge in [-0.25, -0.2) is 0 Å². The molecule has 0 bridgehead atoms. The van der Waals surface area contributed by atoms with Crippen molar-refractivity contribution in [1.29, 1.82) is 0 Å². The van der Waals surface area contributed by atoms with E-state index < -0.39 is 0 Å². The van der Waals surface area contributed by atoms with Crippen molar-refractivity contribution in [1.82, 2.24) is 4.90 Å². The summed E-state index contributed by atoms with van der Waals surface area (Å²) in [5.74, 6) is 0. The highest BCUT2D eigenvalue weighted by Gasteiger charge is 2.20. The van der Waals surface area contributed by atoms with Gasteiger partial charge in [0.05, 0.1) is 6.61 Å². The van der Waals surface area contributed by atoms with Crippen molar-refractivity contribution in [2.75, 3.05) is 26.8 Å². The van der Waals surface area contributed by atoms with E-state index in [1.54, 1.807) is 7.11 Å². The second-order valence-corrected chi connectivity index (χ2v) is 5.23. The summed E-state index contributed by atoms with van der Waals surface area (Å²) in [6, 6.07) is 1.12. The molecule has 0 rings (SSSR count). The number of rotatable bonds is 12. The first-order valence-corrected chi connectivity index (χ1v) is 7.65. The van der Waals surface area contributed by atoms with E-state index in [1.807, 2.05) is 0 Å². The number of unbranched alkanes of at least 4 members (excludes halogenated alkanes) is 3. The maximum atomic E-state index is 5.97. The van der Waals surface area contributed by atoms with Gasteiger partial charge < -0.3 is 10.5 Å². The lowest BCUT2D eigenvalue weighted by molar-refractivity contribution is 0.0857. The van der Waals surface area contributed by atoms with E-state index >= 15 is 0 Å². The average molecular weight is 258 g/mol. The standard InChI is InChI=1S/C15H34N2O/c1-5-7-8-9-10-15(13-16)17(11-12-18-4)14(3)6-2/h14-15H,5-13,16H2,1-4H3. The van der Waals surface area contributed by atoms with Gasteiger partial charge in [-0.3, -0.25) is 4.90 Å². The smallest absolute Gasteiger partial charge is 0.0589 e. The van der Waals surface area contributed by atoms with E-state index in [4.69, 9.17) is 10.5 Å². The third kappa shape index (κ3) is 7.34. The van der Waals surface area contributed by atoms with Crippen LogP contribution in [0.4, 0.5) is 0 Å². The van der Waals surface area contributed by atoms with Crippen molar-refractivity contribution in [3.05, 3.63) is 0 Å². The molecule has 0 saturated carbocycles. The minimum absolute atomic E-state index is 0.520. The molecular formula is C15H34N2O. The van der Waals surface area contributed by atoms with Crippen molar-refractivity contribution in [3.8, 4) is 0 Å². The second kappa shape index (κ2) is 11.9. The highest BCUT2D eigenvalue weighted by Crippen LogP contribution is 2.15. The number of hydrogen-bond donors (Lipinski definition) is 1. The average Bonchev–Trinajstić information content (AvgIpc) is 2.40. The van der Waals surface area contributed by atoms with Crippen LogP contribution in [-0.4, -0.2) is 43.8 Å². The molecule has 2 unspecified atom stereocenters. The molecule has 0 aliphatic heterocycles. The van der Waals surface area contributed by atoms with Crippen LogP contribution in [0.5, 0.6) is 0 Å². The molecule has 0 aromatic carbocycles. The summed E-state index contributed by atoms with van der Waals surface area (Å²) < 4.78 is 5.22. The predicted octanol–water partition coefficient (Wildman–Crippen LogP) is 3.03. The fourth-order valence-electron chi connectivity index (χ4n) is 2.42. The maximum Gasteiger partial charge on any atom is 0.0589 e. The van der Waals surface area contributed by atoms with Crippen LogP contribution < -0.4 is 5.73 Å². The van der Waals surface area contributed by atoms with Crippen LogP contribution >= 0.6 is 0 Å². The fraction of sp³-hybridized carbons (Fsp3) is 1.00. The Balaban J connectivity index is 4.21. The van der Waals surface area contributed by atoms with Crippen molar-refractivity contribution in [2.45, 2.75) is 71.4 Å². The zero-order valence-corrected chi connectivity index (χ0v) is 13.0. The van der Waals surface area contributed by atoms with Crippen molar-refractivity contribution in [3.63, 3.8) is 0 Å². The van der Waals surface area contributed by atoms with Gasteiger partial charge in [-0.1, -0.05) is 39.5 Å². The Bertz CT molecular complexity index is 176. The molecule has 110 valence electrons.